The molecule has 0 atom stereocenters. The number of hydrogen-bond acceptors (Lipinski definition) is 4. The Morgan fingerprint density at radius 3 is 0.397 bits per heavy atom. The maximum absolute atomic E-state index is 10.2. The summed E-state index contributed by atoms with van der Waals surface area (Å²) in [6.07, 6.45) is 14.7. The second-order valence-electron chi connectivity index (χ2n) is 15.5. The van der Waals surface area contributed by atoms with E-state index in [9.17, 15) is 9.59 Å². The quantitative estimate of drug-likeness (QED) is 0.101. The molecule has 0 saturated carbocycles. The van der Waals surface area contributed by atoms with Crippen molar-refractivity contribution in [2.45, 2.75) is 13.8 Å². The van der Waals surface area contributed by atoms with Crippen LogP contribution in [0.5, 0.6) is 0 Å². The van der Waals surface area contributed by atoms with Crippen molar-refractivity contribution in [3.8, 4) is 0 Å². The summed E-state index contributed by atoms with van der Waals surface area (Å²) < 4.78 is 8.55. The van der Waals surface area contributed by atoms with E-state index in [2.05, 4.69) is 75.3 Å². The third kappa shape index (κ3) is 41.6. The first-order valence-electron chi connectivity index (χ1n) is 24.7. The molecule has 0 radical (unpaired) electrons. The molecule has 78 heavy (non-hydrogen) atoms. The van der Waals surface area contributed by atoms with Crippen molar-refractivity contribution in [3.05, 3.63) is 364 Å². The third-order valence-electron chi connectivity index (χ3n) is 9.35. The summed E-state index contributed by atoms with van der Waals surface area (Å²) >= 11 is 0. The Morgan fingerprint density at radius 2 is 0.359 bits per heavy atom. The molecule has 0 amide bonds. The molecule has 4 nitrogen and oxygen atoms in total. The van der Waals surface area contributed by atoms with Crippen molar-refractivity contribution >= 4 is 60.5 Å². The highest BCUT2D eigenvalue weighted by molar-refractivity contribution is 5.87. The third-order valence-corrected chi connectivity index (χ3v) is 9.35. The summed E-state index contributed by atoms with van der Waals surface area (Å²) in [5.41, 5.74) is 10.3. The predicted octanol–water partition coefficient (Wildman–Crippen LogP) is 20.1. The average Bonchev–Trinajstić information content (AvgIpc) is 3.53. The zero-order valence-corrected chi connectivity index (χ0v) is 46.4. The van der Waals surface area contributed by atoms with Crippen molar-refractivity contribution in [3.63, 3.8) is 0 Å². The van der Waals surface area contributed by atoms with Crippen molar-refractivity contribution < 1.29 is 19.1 Å². The molecule has 0 fully saturated rings. The fraction of sp³-hybridized carbons (Fsp3) is 0.0541. The van der Waals surface area contributed by atoms with Crippen LogP contribution in [0.3, 0.4) is 0 Å². The summed E-state index contributed by atoms with van der Waals surface area (Å²) in [6.45, 7) is 39.0. The van der Waals surface area contributed by atoms with Crippen LogP contribution in [0.15, 0.2) is 320 Å². The molecule has 8 aromatic rings. The molecule has 4 heteroatoms. The lowest BCUT2D eigenvalue weighted by atomic mass is 10.2. The van der Waals surface area contributed by atoms with Crippen LogP contribution in [-0.2, 0) is 19.1 Å². The summed E-state index contributed by atoms with van der Waals surface area (Å²) in [6, 6.07) is 80.2. The SMILES string of the molecule is C=C(C)C(=O)OC.C=C(C)C(=O)OC.C=Cc1ccccc1.C=Cc1ccccc1.C=Cc1ccccc1.C=Cc1ccccc1.C=Cc1ccccc1.C=Cc1ccccc1.C=Cc1ccccc1.C=Cc1ccccc1. The van der Waals surface area contributed by atoms with Crippen LogP contribution in [0.1, 0.15) is 58.4 Å². The van der Waals surface area contributed by atoms with Gasteiger partial charge in [-0.25, -0.2) is 9.59 Å². The molecule has 8 aromatic carbocycles. The lowest BCUT2D eigenvalue weighted by Crippen LogP contribution is -1.98. The van der Waals surface area contributed by atoms with Crippen LogP contribution < -0.4 is 0 Å². The first-order chi connectivity index (χ1) is 37.8. The van der Waals surface area contributed by atoms with Gasteiger partial charge in [0.25, 0.3) is 0 Å². The van der Waals surface area contributed by atoms with E-state index in [-0.39, 0.29) is 11.9 Å². The monoisotopic (exact) mass is 1030 g/mol. The number of benzene rings is 8. The summed E-state index contributed by atoms with van der Waals surface area (Å²) in [5.74, 6) is -0.694. The Bertz CT molecular complexity index is 2270. The van der Waals surface area contributed by atoms with Gasteiger partial charge in [0.1, 0.15) is 0 Å². The van der Waals surface area contributed by atoms with Gasteiger partial charge in [-0.3, -0.25) is 0 Å². The second-order valence-corrected chi connectivity index (χ2v) is 15.5. The summed E-state index contributed by atoms with van der Waals surface area (Å²) in [5, 5.41) is 0. The van der Waals surface area contributed by atoms with Crippen LogP contribution in [0.4, 0.5) is 0 Å². The topological polar surface area (TPSA) is 52.6 Å². The van der Waals surface area contributed by atoms with Gasteiger partial charge in [0.05, 0.1) is 14.2 Å². The van der Waals surface area contributed by atoms with Gasteiger partial charge in [-0.15, -0.1) is 0 Å². The summed E-state index contributed by atoms with van der Waals surface area (Å²) in [4.78, 5) is 20.4. The number of rotatable bonds is 10. The predicted molar refractivity (Wildman–Crippen MR) is 346 cm³/mol. The molecule has 0 N–H and O–H groups in total. The number of hydrogen-bond donors (Lipinski definition) is 0. The zero-order valence-electron chi connectivity index (χ0n) is 46.4. The van der Waals surface area contributed by atoms with Crippen molar-refractivity contribution in [1.82, 2.24) is 0 Å². The normalized spacial score (nSPS) is 8.36. The van der Waals surface area contributed by atoms with Gasteiger partial charge in [0, 0.05) is 11.1 Å². The van der Waals surface area contributed by atoms with E-state index in [4.69, 9.17) is 0 Å². The minimum Gasteiger partial charge on any atom is -0.466 e. The molecule has 400 valence electrons. The Labute approximate surface area is 469 Å². The smallest absolute Gasteiger partial charge is 0.332 e. The molecule has 0 unspecified atom stereocenters. The maximum Gasteiger partial charge on any atom is 0.332 e. The van der Waals surface area contributed by atoms with Crippen LogP contribution in [-0.4, -0.2) is 26.2 Å². The standard InChI is InChI=1S/8C8H8.2C5H8O2/c8*1-2-8-6-4-3-5-7-8;2*1-4(2)5(6)7-3/h8*2-7H,1H2;2*1H2,2-3H3. The molecule has 0 aliphatic heterocycles. The van der Waals surface area contributed by atoms with Crippen LogP contribution in [0.2, 0.25) is 0 Å². The van der Waals surface area contributed by atoms with Gasteiger partial charge < -0.3 is 9.47 Å². The van der Waals surface area contributed by atoms with E-state index in [0.29, 0.717) is 11.1 Å². The maximum atomic E-state index is 10.2. The van der Waals surface area contributed by atoms with E-state index in [0.717, 1.165) is 0 Å². The Hall–Kier alpha value is -9.90. The van der Waals surface area contributed by atoms with E-state index in [1.807, 2.05) is 291 Å². The lowest BCUT2D eigenvalue weighted by molar-refractivity contribution is -0.136. The molecule has 0 heterocycles. The lowest BCUT2D eigenvalue weighted by Gasteiger charge is -1.91. The molecule has 0 aliphatic carbocycles. The van der Waals surface area contributed by atoms with Gasteiger partial charge in [-0.1, -0.05) is 357 Å². The molecular formula is C74H80O4. The number of ether oxygens (including phenoxy) is 2. The minimum absolute atomic E-state index is 0.347. The highest BCUT2D eigenvalue weighted by Crippen LogP contribution is 2.02. The number of carbonyl (C=O) groups is 2. The summed E-state index contributed by atoms with van der Waals surface area (Å²) in [7, 11) is 2.66. The van der Waals surface area contributed by atoms with Crippen LogP contribution in [0, 0.1) is 0 Å². The second kappa shape index (κ2) is 50.6. The van der Waals surface area contributed by atoms with Gasteiger partial charge in [-0.2, -0.15) is 0 Å². The Kier molecular flexibility index (Phi) is 45.5. The number of esters is 2. The molecule has 0 aliphatic rings. The highest BCUT2D eigenvalue weighted by atomic mass is 16.5. The first-order valence-corrected chi connectivity index (χ1v) is 24.7. The van der Waals surface area contributed by atoms with E-state index in [1.54, 1.807) is 13.8 Å². The fourth-order valence-corrected chi connectivity index (χ4v) is 5.06. The van der Waals surface area contributed by atoms with Crippen molar-refractivity contribution in [1.29, 1.82) is 0 Å². The molecule has 8 rings (SSSR count). The van der Waals surface area contributed by atoms with E-state index in [1.165, 1.54) is 58.7 Å². The molecule has 0 aromatic heterocycles. The number of methoxy groups -OCH3 is 2. The van der Waals surface area contributed by atoms with E-state index >= 15 is 0 Å². The van der Waals surface area contributed by atoms with E-state index < -0.39 is 0 Å². The van der Waals surface area contributed by atoms with Crippen molar-refractivity contribution in [2.24, 2.45) is 0 Å². The Balaban J connectivity index is 0. The van der Waals surface area contributed by atoms with Gasteiger partial charge in [-0.05, 0) is 58.4 Å². The largest absolute Gasteiger partial charge is 0.466 e. The minimum atomic E-state index is -0.347. The Morgan fingerprint density at radius 1 is 0.256 bits per heavy atom. The fourth-order valence-electron chi connectivity index (χ4n) is 5.06. The van der Waals surface area contributed by atoms with Crippen molar-refractivity contribution in [2.75, 3.05) is 14.2 Å². The van der Waals surface area contributed by atoms with Gasteiger partial charge in [0.2, 0.25) is 0 Å². The van der Waals surface area contributed by atoms with Gasteiger partial charge in [0.15, 0.2) is 0 Å². The molecule has 0 saturated heterocycles. The zero-order chi connectivity index (χ0) is 58.3. The molecule has 0 bridgehead atoms. The first kappa shape index (κ1) is 70.2. The average molecular weight is 1030 g/mol. The molecule has 0 spiro atoms. The highest BCUT2D eigenvalue weighted by Gasteiger charge is 1.96. The van der Waals surface area contributed by atoms with Gasteiger partial charge >= 0.3 is 11.9 Å². The van der Waals surface area contributed by atoms with Crippen LogP contribution >= 0.6 is 0 Å². The number of carbonyl (C=O) groups excluding carboxylic acids is 2. The van der Waals surface area contributed by atoms with Crippen LogP contribution in [0.25, 0.3) is 48.6 Å². The molecular weight excluding hydrogens is 953 g/mol.